The molecule has 11 heteroatoms. The SMILES string of the molecule is Cn1cnc(C2=C[C@H]3C[C@](O)(c4cc(OCC(C)(C)O)nn4C)C[C@H]3C2)c1C(=O)Nc1ccc(F)c(Cl)c1. The van der Waals surface area contributed by atoms with Gasteiger partial charge in [0.2, 0.25) is 5.88 Å². The van der Waals surface area contributed by atoms with Crippen LogP contribution >= 0.6 is 11.6 Å². The average molecular weight is 544 g/mol. The summed E-state index contributed by atoms with van der Waals surface area (Å²) in [6.07, 6.45) is 5.42. The fourth-order valence-corrected chi connectivity index (χ4v) is 5.71. The lowest BCUT2D eigenvalue weighted by Gasteiger charge is -2.23. The van der Waals surface area contributed by atoms with Crippen LogP contribution in [0.1, 0.15) is 55.0 Å². The monoisotopic (exact) mass is 543 g/mol. The van der Waals surface area contributed by atoms with Crippen LogP contribution in [0, 0.1) is 17.7 Å². The smallest absolute Gasteiger partial charge is 0.274 e. The quantitative estimate of drug-likeness (QED) is 0.414. The van der Waals surface area contributed by atoms with Gasteiger partial charge < -0.3 is 24.8 Å². The number of imidazole rings is 1. The maximum absolute atomic E-state index is 13.5. The van der Waals surface area contributed by atoms with Gasteiger partial charge in [0, 0.05) is 25.8 Å². The lowest BCUT2D eigenvalue weighted by molar-refractivity contribution is 0.0266. The number of aryl methyl sites for hydroxylation is 2. The number of nitrogens with zero attached hydrogens (tertiary/aromatic N) is 4. The molecule has 1 fully saturated rings. The van der Waals surface area contributed by atoms with Crippen LogP contribution in [0.2, 0.25) is 5.02 Å². The van der Waals surface area contributed by atoms with Crippen molar-refractivity contribution in [2.24, 2.45) is 25.9 Å². The van der Waals surface area contributed by atoms with Crippen LogP contribution in [0.25, 0.3) is 5.57 Å². The fourth-order valence-electron chi connectivity index (χ4n) is 5.53. The number of rotatable bonds is 7. The first kappa shape index (κ1) is 26.4. The normalized spacial score (nSPS) is 22.9. The molecule has 38 heavy (non-hydrogen) atoms. The summed E-state index contributed by atoms with van der Waals surface area (Å²) in [6, 6.07) is 5.76. The predicted molar refractivity (Wildman–Crippen MR) is 140 cm³/mol. The number of fused-ring (bicyclic) bond motifs is 1. The maximum Gasteiger partial charge on any atom is 0.274 e. The van der Waals surface area contributed by atoms with Gasteiger partial charge in [0.05, 0.1) is 28.3 Å². The number of allylic oxidation sites excluding steroid dienone is 2. The Hall–Kier alpha value is -3.21. The average Bonchev–Trinajstić information content (AvgIpc) is 3.56. The van der Waals surface area contributed by atoms with Crippen molar-refractivity contribution < 1.29 is 24.1 Å². The van der Waals surface area contributed by atoms with Gasteiger partial charge in [-0.3, -0.25) is 9.48 Å². The minimum Gasteiger partial charge on any atom is -0.474 e. The van der Waals surface area contributed by atoms with E-state index < -0.39 is 17.0 Å². The molecular formula is C27H31ClFN5O4. The van der Waals surface area contributed by atoms with Crippen LogP contribution in [-0.2, 0) is 19.7 Å². The second kappa shape index (κ2) is 9.52. The van der Waals surface area contributed by atoms with E-state index in [1.165, 1.54) is 18.2 Å². The third kappa shape index (κ3) is 5.08. The molecule has 3 aromatic rings. The Morgan fingerprint density at radius 2 is 2.08 bits per heavy atom. The Balaban J connectivity index is 1.33. The molecule has 5 rings (SSSR count). The molecule has 3 atom stereocenters. The van der Waals surface area contributed by atoms with Gasteiger partial charge in [-0.05, 0) is 68.7 Å². The summed E-state index contributed by atoms with van der Waals surface area (Å²) < 4.78 is 22.4. The molecule has 202 valence electrons. The van der Waals surface area contributed by atoms with Crippen LogP contribution in [0.3, 0.4) is 0 Å². The predicted octanol–water partition coefficient (Wildman–Crippen LogP) is 4.05. The highest BCUT2D eigenvalue weighted by Crippen LogP contribution is 2.53. The molecule has 0 saturated heterocycles. The molecule has 1 saturated carbocycles. The van der Waals surface area contributed by atoms with Crippen molar-refractivity contribution in [2.75, 3.05) is 11.9 Å². The molecular weight excluding hydrogens is 513 g/mol. The summed E-state index contributed by atoms with van der Waals surface area (Å²) in [5.41, 5.74) is 0.950. The highest BCUT2D eigenvalue weighted by molar-refractivity contribution is 6.31. The number of nitrogens with one attached hydrogen (secondary N) is 1. The van der Waals surface area contributed by atoms with E-state index in [4.69, 9.17) is 16.3 Å². The lowest BCUT2D eigenvalue weighted by Crippen LogP contribution is -2.28. The van der Waals surface area contributed by atoms with Crippen molar-refractivity contribution >= 4 is 28.8 Å². The molecule has 3 N–H and O–H groups in total. The second-order valence-electron chi connectivity index (χ2n) is 11.0. The van der Waals surface area contributed by atoms with Crippen molar-refractivity contribution in [3.05, 3.63) is 64.6 Å². The van der Waals surface area contributed by atoms with E-state index in [9.17, 15) is 19.4 Å². The fraction of sp³-hybridized carbons (Fsp3) is 0.444. The Labute approximate surface area is 224 Å². The number of ether oxygens (including phenoxy) is 1. The summed E-state index contributed by atoms with van der Waals surface area (Å²) in [7, 11) is 3.52. The zero-order chi connectivity index (χ0) is 27.4. The van der Waals surface area contributed by atoms with Crippen LogP contribution in [0.4, 0.5) is 10.1 Å². The summed E-state index contributed by atoms with van der Waals surface area (Å²) >= 11 is 5.86. The number of hydrogen-bond acceptors (Lipinski definition) is 6. The third-order valence-corrected chi connectivity index (χ3v) is 7.51. The van der Waals surface area contributed by atoms with Crippen LogP contribution in [-0.4, -0.2) is 47.7 Å². The maximum atomic E-state index is 13.5. The number of aliphatic hydroxyl groups is 2. The molecule has 0 spiro atoms. The van der Waals surface area contributed by atoms with Crippen molar-refractivity contribution in [1.29, 1.82) is 0 Å². The molecule has 0 unspecified atom stereocenters. The first-order valence-corrected chi connectivity index (χ1v) is 12.8. The van der Waals surface area contributed by atoms with Gasteiger partial charge in [0.1, 0.15) is 23.7 Å². The van der Waals surface area contributed by atoms with Crippen molar-refractivity contribution in [3.8, 4) is 5.88 Å². The Kier molecular flexibility index (Phi) is 6.61. The van der Waals surface area contributed by atoms with E-state index in [-0.39, 0.29) is 29.4 Å². The zero-order valence-electron chi connectivity index (χ0n) is 21.7. The molecule has 1 amide bonds. The van der Waals surface area contributed by atoms with E-state index in [0.29, 0.717) is 47.9 Å². The Bertz CT molecular complexity index is 1430. The number of benzene rings is 1. The number of halogens is 2. The van der Waals surface area contributed by atoms with Gasteiger partial charge in [0.15, 0.2) is 0 Å². The van der Waals surface area contributed by atoms with Gasteiger partial charge >= 0.3 is 0 Å². The van der Waals surface area contributed by atoms with Crippen molar-refractivity contribution in [3.63, 3.8) is 0 Å². The minimum atomic E-state index is -1.07. The number of hydrogen-bond donors (Lipinski definition) is 3. The first-order chi connectivity index (χ1) is 17.8. The van der Waals surface area contributed by atoms with Gasteiger partial charge in [-0.2, -0.15) is 0 Å². The zero-order valence-corrected chi connectivity index (χ0v) is 22.5. The van der Waals surface area contributed by atoms with E-state index in [1.54, 1.807) is 49.6 Å². The first-order valence-electron chi connectivity index (χ1n) is 12.4. The van der Waals surface area contributed by atoms with E-state index in [2.05, 4.69) is 21.5 Å². The number of amides is 1. The minimum absolute atomic E-state index is 0.0730. The van der Waals surface area contributed by atoms with Crippen LogP contribution in [0.5, 0.6) is 5.88 Å². The molecule has 0 bridgehead atoms. The summed E-state index contributed by atoms with van der Waals surface area (Å²) in [4.78, 5) is 17.7. The van der Waals surface area contributed by atoms with Crippen molar-refractivity contribution in [1.82, 2.24) is 19.3 Å². The largest absolute Gasteiger partial charge is 0.474 e. The molecule has 2 aliphatic carbocycles. The summed E-state index contributed by atoms with van der Waals surface area (Å²) in [6.45, 7) is 3.40. The van der Waals surface area contributed by atoms with Crippen molar-refractivity contribution in [2.45, 2.75) is 44.3 Å². The number of aromatic nitrogens is 4. The van der Waals surface area contributed by atoms with Gasteiger partial charge in [-0.25, -0.2) is 9.37 Å². The van der Waals surface area contributed by atoms with Gasteiger partial charge in [0.25, 0.3) is 5.91 Å². The molecule has 2 heterocycles. The summed E-state index contributed by atoms with van der Waals surface area (Å²) in [5.74, 6) is -0.278. The van der Waals surface area contributed by atoms with E-state index in [1.807, 2.05) is 0 Å². The summed E-state index contributed by atoms with van der Waals surface area (Å²) in [5, 5.41) is 28.6. The van der Waals surface area contributed by atoms with Crippen LogP contribution < -0.4 is 10.1 Å². The molecule has 1 aromatic carbocycles. The number of anilines is 1. The topological polar surface area (TPSA) is 114 Å². The highest BCUT2D eigenvalue weighted by atomic mass is 35.5. The van der Waals surface area contributed by atoms with Gasteiger partial charge in [-0.1, -0.05) is 17.7 Å². The standard InChI is InChI=1S/C27H31ClFN5O4/c1-26(2,36)13-38-22-10-21(34(4)32-22)27(37)11-16-7-15(8-17(16)12-27)23-24(33(3)14-30-23)25(35)31-18-5-6-20(29)19(28)9-18/h5-7,9-10,14,16-17,36-37H,8,11-13H2,1-4H3,(H,31,35)/t16-,17+,27+/m0/s1. The van der Waals surface area contributed by atoms with E-state index >= 15 is 0 Å². The highest BCUT2D eigenvalue weighted by Gasteiger charge is 2.49. The number of carbonyl (C=O) groups is 1. The molecule has 2 aliphatic rings. The molecule has 0 aliphatic heterocycles. The Morgan fingerprint density at radius 3 is 2.76 bits per heavy atom. The molecule has 0 radical (unpaired) electrons. The Morgan fingerprint density at radius 1 is 1.32 bits per heavy atom. The lowest BCUT2D eigenvalue weighted by atomic mass is 9.93. The number of carbonyl (C=O) groups excluding carboxylic acids is 1. The van der Waals surface area contributed by atoms with Gasteiger partial charge in [-0.15, -0.1) is 5.10 Å². The second-order valence-corrected chi connectivity index (χ2v) is 11.4. The van der Waals surface area contributed by atoms with E-state index in [0.717, 1.165) is 5.57 Å². The van der Waals surface area contributed by atoms with Crippen LogP contribution in [0.15, 0.2) is 36.7 Å². The third-order valence-electron chi connectivity index (χ3n) is 7.22. The molecule has 9 nitrogen and oxygen atoms in total. The molecule has 2 aromatic heterocycles.